The average molecular weight is 429 g/mol. The normalized spacial score (nSPS) is 15.2. The molecule has 2 N–H and O–H groups in total. The summed E-state index contributed by atoms with van der Waals surface area (Å²) in [6.45, 7) is 0.180. The largest absolute Gasteiger partial charge is 0.417 e. The molecule has 1 aliphatic rings. The second-order valence-electron chi connectivity index (χ2n) is 6.81. The van der Waals surface area contributed by atoms with Gasteiger partial charge in [0.05, 0.1) is 11.1 Å². The number of carbonyl (C=O) groups is 2. The minimum absolute atomic E-state index is 0.0900. The van der Waals surface area contributed by atoms with Crippen molar-refractivity contribution >= 4 is 17.5 Å². The number of aromatic amines is 1. The van der Waals surface area contributed by atoms with E-state index in [2.05, 4.69) is 5.32 Å². The summed E-state index contributed by atoms with van der Waals surface area (Å²) in [6.07, 6.45) is -3.85. The Kier molecular flexibility index (Phi) is 5.90. The molecule has 1 aliphatic heterocycles. The lowest BCUT2D eigenvalue weighted by molar-refractivity contribution is -0.137. The van der Waals surface area contributed by atoms with Crippen molar-refractivity contribution in [1.82, 2.24) is 9.88 Å². The van der Waals surface area contributed by atoms with Gasteiger partial charge < -0.3 is 15.2 Å². The van der Waals surface area contributed by atoms with Crippen LogP contribution in [-0.4, -0.2) is 34.8 Å². The number of carbonyl (C=O) groups excluding carboxylic acids is 2. The highest BCUT2D eigenvalue weighted by Crippen LogP contribution is 2.29. The van der Waals surface area contributed by atoms with Crippen molar-refractivity contribution in [2.24, 2.45) is 5.92 Å². The quantitative estimate of drug-likeness (QED) is 0.736. The Morgan fingerprint density at radius 3 is 2.37 bits per heavy atom. The van der Waals surface area contributed by atoms with Crippen LogP contribution in [0.25, 0.3) is 0 Å². The number of aromatic nitrogens is 1. The summed E-state index contributed by atoms with van der Waals surface area (Å²) in [7, 11) is 0. The van der Waals surface area contributed by atoms with Crippen LogP contribution in [0.2, 0.25) is 0 Å². The fourth-order valence-corrected chi connectivity index (χ4v) is 3.15. The van der Waals surface area contributed by atoms with Crippen molar-refractivity contribution < 1.29 is 31.5 Å². The van der Waals surface area contributed by atoms with Gasteiger partial charge in [0.15, 0.2) is 0 Å². The number of H-pyrrole nitrogens is 1. The Bertz CT molecular complexity index is 1030. The van der Waals surface area contributed by atoms with Gasteiger partial charge in [0, 0.05) is 31.3 Å². The van der Waals surface area contributed by atoms with Crippen LogP contribution in [0.1, 0.15) is 28.8 Å². The van der Waals surface area contributed by atoms with Crippen LogP contribution >= 0.6 is 0 Å². The first-order valence-corrected chi connectivity index (χ1v) is 8.91. The Morgan fingerprint density at radius 2 is 1.77 bits per heavy atom. The molecule has 0 unspecified atom stereocenters. The molecular weight excluding hydrogens is 413 g/mol. The second-order valence-corrected chi connectivity index (χ2v) is 6.81. The lowest BCUT2D eigenvalue weighted by Gasteiger charge is -2.31. The van der Waals surface area contributed by atoms with E-state index in [9.17, 15) is 36.3 Å². The Labute approximate surface area is 166 Å². The zero-order chi connectivity index (χ0) is 22.1. The van der Waals surface area contributed by atoms with E-state index >= 15 is 0 Å². The number of nitrogens with zero attached hydrogens (tertiary/aromatic N) is 1. The number of benzene rings is 1. The third-order valence-corrected chi connectivity index (χ3v) is 4.80. The van der Waals surface area contributed by atoms with Crippen molar-refractivity contribution in [2.45, 2.75) is 19.0 Å². The van der Waals surface area contributed by atoms with E-state index in [-0.39, 0.29) is 31.5 Å². The lowest BCUT2D eigenvalue weighted by atomic mass is 9.95. The van der Waals surface area contributed by atoms with E-state index in [0.29, 0.717) is 18.3 Å². The predicted octanol–water partition coefficient (Wildman–Crippen LogP) is 3.16. The highest BCUT2D eigenvalue weighted by atomic mass is 19.4. The molecule has 2 amide bonds. The van der Waals surface area contributed by atoms with Gasteiger partial charge in [-0.1, -0.05) is 0 Å². The third kappa shape index (κ3) is 4.66. The molecule has 0 atom stereocenters. The van der Waals surface area contributed by atoms with Crippen LogP contribution in [-0.2, 0) is 11.0 Å². The van der Waals surface area contributed by atoms with Crippen LogP contribution in [0.3, 0.4) is 0 Å². The number of rotatable bonds is 3. The number of halogens is 5. The van der Waals surface area contributed by atoms with Gasteiger partial charge >= 0.3 is 6.18 Å². The summed E-state index contributed by atoms with van der Waals surface area (Å²) in [6, 6.07) is 3.14. The standard InChI is InChI=1S/C19H16F5N3O3/c20-12-1-2-13(14(21)8-12)18(30)27-5-3-10(4-6-27)16(28)26-15-7-11(19(22,23)24)9-25-17(15)29/h1-2,7-10H,3-6H2,(H,25,29)(H,26,28). The molecule has 6 nitrogen and oxygen atoms in total. The zero-order valence-corrected chi connectivity index (χ0v) is 15.4. The van der Waals surface area contributed by atoms with Crippen LogP contribution < -0.4 is 10.9 Å². The number of hydrogen-bond acceptors (Lipinski definition) is 3. The molecule has 1 aromatic heterocycles. The van der Waals surface area contributed by atoms with Gasteiger partial charge in [-0.05, 0) is 31.0 Å². The number of alkyl halides is 3. The van der Waals surface area contributed by atoms with Gasteiger partial charge in [0.25, 0.3) is 11.5 Å². The van der Waals surface area contributed by atoms with Gasteiger partial charge in [-0.3, -0.25) is 14.4 Å². The average Bonchev–Trinajstić information content (AvgIpc) is 2.68. The summed E-state index contributed by atoms with van der Waals surface area (Å²) in [5, 5.41) is 2.20. The lowest BCUT2D eigenvalue weighted by Crippen LogP contribution is -2.42. The summed E-state index contributed by atoms with van der Waals surface area (Å²) in [5.74, 6) is -3.77. The maximum atomic E-state index is 13.8. The number of anilines is 1. The Morgan fingerprint density at radius 1 is 1.10 bits per heavy atom. The van der Waals surface area contributed by atoms with Gasteiger partial charge in [-0.15, -0.1) is 0 Å². The minimum atomic E-state index is -4.69. The number of nitrogens with one attached hydrogen (secondary N) is 2. The van der Waals surface area contributed by atoms with Crippen LogP contribution in [0.5, 0.6) is 0 Å². The maximum absolute atomic E-state index is 13.8. The summed E-state index contributed by atoms with van der Waals surface area (Å²) >= 11 is 0. The third-order valence-electron chi connectivity index (χ3n) is 4.80. The molecule has 0 saturated carbocycles. The topological polar surface area (TPSA) is 82.3 Å². The molecule has 0 bridgehead atoms. The highest BCUT2D eigenvalue weighted by Gasteiger charge is 2.33. The molecule has 3 rings (SSSR count). The number of piperidine rings is 1. The molecule has 2 aromatic rings. The summed E-state index contributed by atoms with van der Waals surface area (Å²) < 4.78 is 65.1. The fourth-order valence-electron chi connectivity index (χ4n) is 3.15. The fraction of sp³-hybridized carbons (Fsp3) is 0.316. The molecule has 1 aromatic carbocycles. The number of hydrogen-bond donors (Lipinski definition) is 2. The first-order chi connectivity index (χ1) is 14.1. The van der Waals surface area contributed by atoms with Crippen molar-refractivity contribution in [3.63, 3.8) is 0 Å². The molecule has 11 heteroatoms. The molecule has 30 heavy (non-hydrogen) atoms. The predicted molar refractivity (Wildman–Crippen MR) is 95.7 cm³/mol. The van der Waals surface area contributed by atoms with E-state index in [0.717, 1.165) is 12.1 Å². The zero-order valence-electron chi connectivity index (χ0n) is 15.4. The molecule has 160 valence electrons. The molecule has 0 radical (unpaired) electrons. The van der Waals surface area contributed by atoms with Crippen LogP contribution in [0, 0.1) is 17.6 Å². The SMILES string of the molecule is O=C(Nc1cc(C(F)(F)F)c[nH]c1=O)C1CCN(C(=O)c2ccc(F)cc2F)CC1. The van der Waals surface area contributed by atoms with Gasteiger partial charge in [-0.25, -0.2) is 8.78 Å². The van der Waals surface area contributed by atoms with Gasteiger partial charge in [-0.2, -0.15) is 13.2 Å². The van der Waals surface area contributed by atoms with Gasteiger partial charge in [0.1, 0.15) is 17.3 Å². The van der Waals surface area contributed by atoms with Crippen molar-refractivity contribution in [3.05, 3.63) is 63.6 Å². The minimum Gasteiger partial charge on any atom is -0.339 e. The van der Waals surface area contributed by atoms with E-state index in [1.807, 2.05) is 4.98 Å². The van der Waals surface area contributed by atoms with Crippen LogP contribution in [0.15, 0.2) is 35.3 Å². The van der Waals surface area contributed by atoms with Crippen LogP contribution in [0.4, 0.5) is 27.6 Å². The van der Waals surface area contributed by atoms with Crippen molar-refractivity contribution in [2.75, 3.05) is 18.4 Å². The molecule has 0 spiro atoms. The second kappa shape index (κ2) is 8.25. The number of likely N-dealkylation sites (tertiary alicyclic amines) is 1. The highest BCUT2D eigenvalue weighted by molar-refractivity contribution is 5.95. The molecular formula is C19H16F5N3O3. The van der Waals surface area contributed by atoms with Crippen molar-refractivity contribution in [3.8, 4) is 0 Å². The Balaban J connectivity index is 1.63. The summed E-state index contributed by atoms with van der Waals surface area (Å²) in [4.78, 5) is 39.7. The number of amides is 2. The van der Waals surface area contributed by atoms with Crippen molar-refractivity contribution in [1.29, 1.82) is 0 Å². The first-order valence-electron chi connectivity index (χ1n) is 8.91. The van der Waals surface area contributed by atoms with E-state index in [1.165, 1.54) is 4.90 Å². The van der Waals surface area contributed by atoms with E-state index < -0.39 is 52.4 Å². The van der Waals surface area contributed by atoms with E-state index in [1.54, 1.807) is 0 Å². The maximum Gasteiger partial charge on any atom is 0.417 e. The van der Waals surface area contributed by atoms with Gasteiger partial charge in [0.2, 0.25) is 5.91 Å². The molecule has 1 saturated heterocycles. The molecule has 2 heterocycles. The Hall–Kier alpha value is -3.24. The smallest absolute Gasteiger partial charge is 0.339 e. The number of pyridine rings is 1. The molecule has 1 fully saturated rings. The summed E-state index contributed by atoms with van der Waals surface area (Å²) in [5.41, 5.74) is -2.81. The molecule has 0 aliphatic carbocycles. The first kappa shape index (κ1) is 21.5. The monoisotopic (exact) mass is 429 g/mol. The van der Waals surface area contributed by atoms with E-state index in [4.69, 9.17) is 0 Å².